The average molecular weight is 269 g/mol. The van der Waals surface area contributed by atoms with E-state index in [1.807, 2.05) is 19.9 Å². The fraction of sp³-hybridized carbons (Fsp3) is 0.571. The minimum absolute atomic E-state index is 0.177. The molecule has 0 aliphatic heterocycles. The van der Waals surface area contributed by atoms with Gasteiger partial charge in [0.15, 0.2) is 11.5 Å². The Morgan fingerprint density at radius 3 is 2.21 bits per heavy atom. The van der Waals surface area contributed by atoms with E-state index in [1.165, 1.54) is 0 Å². The third-order valence-electron chi connectivity index (χ3n) is 2.56. The van der Waals surface area contributed by atoms with Gasteiger partial charge in [-0.2, -0.15) is 0 Å². The van der Waals surface area contributed by atoms with Gasteiger partial charge in [0.1, 0.15) is 12.7 Å². The van der Waals surface area contributed by atoms with Gasteiger partial charge in [-0.25, -0.2) is 0 Å². The maximum Gasteiger partial charge on any atom is 0.203 e. The molecule has 0 heterocycles. The summed E-state index contributed by atoms with van der Waals surface area (Å²) in [5.74, 6) is 1.68. The molecule has 1 rings (SSSR count). The number of aliphatic hydroxyl groups excluding tert-OH is 1. The van der Waals surface area contributed by atoms with Crippen molar-refractivity contribution in [3.8, 4) is 17.2 Å². The van der Waals surface area contributed by atoms with E-state index < -0.39 is 6.10 Å². The lowest BCUT2D eigenvalue weighted by Crippen LogP contribution is -2.35. The highest BCUT2D eigenvalue weighted by molar-refractivity contribution is 5.51. The van der Waals surface area contributed by atoms with E-state index >= 15 is 0 Å². The van der Waals surface area contributed by atoms with Crippen molar-refractivity contribution >= 4 is 0 Å². The summed E-state index contributed by atoms with van der Waals surface area (Å²) < 4.78 is 16.0. The number of nitrogens with one attached hydrogen (secondary N) is 1. The SMILES string of the molecule is COc1cccc(OC)c1OCC(O)CNC(C)C. The Hall–Kier alpha value is -1.46. The molecule has 1 aromatic carbocycles. The molecule has 0 saturated carbocycles. The summed E-state index contributed by atoms with van der Waals surface area (Å²) in [6.45, 7) is 4.71. The highest BCUT2D eigenvalue weighted by Gasteiger charge is 2.13. The Kier molecular flexibility index (Phi) is 6.45. The van der Waals surface area contributed by atoms with Crippen LogP contribution in [0.25, 0.3) is 0 Å². The van der Waals surface area contributed by atoms with Crippen LogP contribution in [-0.4, -0.2) is 44.6 Å². The second kappa shape index (κ2) is 7.86. The van der Waals surface area contributed by atoms with Crippen LogP contribution in [0.3, 0.4) is 0 Å². The molecule has 5 heteroatoms. The van der Waals surface area contributed by atoms with Crippen LogP contribution in [0.5, 0.6) is 17.2 Å². The zero-order chi connectivity index (χ0) is 14.3. The quantitative estimate of drug-likeness (QED) is 0.748. The van der Waals surface area contributed by atoms with Crippen LogP contribution < -0.4 is 19.5 Å². The zero-order valence-electron chi connectivity index (χ0n) is 12.0. The van der Waals surface area contributed by atoms with E-state index in [9.17, 15) is 5.11 Å². The van der Waals surface area contributed by atoms with Crippen LogP contribution in [0.2, 0.25) is 0 Å². The third-order valence-corrected chi connectivity index (χ3v) is 2.56. The maximum atomic E-state index is 9.82. The molecule has 0 aliphatic rings. The van der Waals surface area contributed by atoms with Gasteiger partial charge in [0.2, 0.25) is 5.75 Å². The lowest BCUT2D eigenvalue weighted by Gasteiger charge is -2.17. The summed E-state index contributed by atoms with van der Waals surface area (Å²) in [6.07, 6.45) is -0.586. The first kappa shape index (κ1) is 15.6. The molecule has 5 nitrogen and oxygen atoms in total. The molecule has 0 aliphatic carbocycles. The molecular weight excluding hydrogens is 246 g/mol. The van der Waals surface area contributed by atoms with Crippen LogP contribution >= 0.6 is 0 Å². The molecule has 0 saturated heterocycles. The van der Waals surface area contributed by atoms with Gasteiger partial charge in [-0.3, -0.25) is 0 Å². The summed E-state index contributed by atoms with van der Waals surface area (Å²) in [5.41, 5.74) is 0. The van der Waals surface area contributed by atoms with Crippen molar-refractivity contribution in [3.63, 3.8) is 0 Å². The predicted octanol–water partition coefficient (Wildman–Crippen LogP) is 1.44. The van der Waals surface area contributed by atoms with E-state index in [0.29, 0.717) is 29.8 Å². The standard InChI is InChI=1S/C14H23NO4/c1-10(2)15-8-11(16)9-19-14-12(17-3)6-5-7-13(14)18-4/h5-7,10-11,15-16H,8-9H2,1-4H3. The van der Waals surface area contributed by atoms with E-state index in [4.69, 9.17) is 14.2 Å². The molecule has 0 radical (unpaired) electrons. The summed E-state index contributed by atoms with van der Waals surface area (Å²) in [5, 5.41) is 13.0. The van der Waals surface area contributed by atoms with Gasteiger partial charge in [-0.05, 0) is 12.1 Å². The summed E-state index contributed by atoms with van der Waals surface area (Å²) in [7, 11) is 3.14. The van der Waals surface area contributed by atoms with Gasteiger partial charge < -0.3 is 24.6 Å². The first-order valence-electron chi connectivity index (χ1n) is 6.33. The van der Waals surface area contributed by atoms with E-state index in [1.54, 1.807) is 26.4 Å². The monoisotopic (exact) mass is 269 g/mol. The van der Waals surface area contributed by atoms with Crippen molar-refractivity contribution in [2.75, 3.05) is 27.4 Å². The molecule has 0 spiro atoms. The number of hydrogen-bond donors (Lipinski definition) is 2. The minimum atomic E-state index is -0.586. The number of aliphatic hydroxyl groups is 1. The first-order chi connectivity index (χ1) is 9.08. The molecule has 0 fully saturated rings. The molecule has 2 N–H and O–H groups in total. The fourth-order valence-electron chi connectivity index (χ4n) is 1.57. The van der Waals surface area contributed by atoms with Crippen molar-refractivity contribution in [1.82, 2.24) is 5.32 Å². The summed E-state index contributed by atoms with van der Waals surface area (Å²) >= 11 is 0. The third kappa shape index (κ3) is 4.96. The first-order valence-corrected chi connectivity index (χ1v) is 6.33. The number of benzene rings is 1. The van der Waals surface area contributed by atoms with Crippen LogP contribution in [0.1, 0.15) is 13.8 Å². The van der Waals surface area contributed by atoms with Gasteiger partial charge >= 0.3 is 0 Å². The van der Waals surface area contributed by atoms with E-state index in [0.717, 1.165) is 0 Å². The highest BCUT2D eigenvalue weighted by Crippen LogP contribution is 2.36. The zero-order valence-corrected chi connectivity index (χ0v) is 12.0. The van der Waals surface area contributed by atoms with Gasteiger partial charge in [0.05, 0.1) is 14.2 Å². The van der Waals surface area contributed by atoms with E-state index in [2.05, 4.69) is 5.32 Å². The van der Waals surface area contributed by atoms with Crippen LogP contribution in [0.15, 0.2) is 18.2 Å². The van der Waals surface area contributed by atoms with E-state index in [-0.39, 0.29) is 6.61 Å². The Bertz CT molecular complexity index is 359. The van der Waals surface area contributed by atoms with Crippen LogP contribution in [0, 0.1) is 0 Å². The normalized spacial score (nSPS) is 12.3. The topological polar surface area (TPSA) is 60.0 Å². The lowest BCUT2D eigenvalue weighted by atomic mass is 10.3. The minimum Gasteiger partial charge on any atom is -0.493 e. The molecule has 108 valence electrons. The smallest absolute Gasteiger partial charge is 0.203 e. The van der Waals surface area contributed by atoms with Crippen molar-refractivity contribution in [2.24, 2.45) is 0 Å². The second-order valence-electron chi connectivity index (χ2n) is 4.52. The van der Waals surface area contributed by atoms with Crippen molar-refractivity contribution in [2.45, 2.75) is 26.0 Å². The molecule has 19 heavy (non-hydrogen) atoms. The molecule has 1 aromatic rings. The molecule has 1 atom stereocenters. The number of hydrogen-bond acceptors (Lipinski definition) is 5. The Balaban J connectivity index is 2.61. The van der Waals surface area contributed by atoms with Crippen molar-refractivity contribution < 1.29 is 19.3 Å². The van der Waals surface area contributed by atoms with Crippen LogP contribution in [0.4, 0.5) is 0 Å². The van der Waals surface area contributed by atoms with Gasteiger partial charge in [0.25, 0.3) is 0 Å². The van der Waals surface area contributed by atoms with Gasteiger partial charge in [-0.1, -0.05) is 19.9 Å². The van der Waals surface area contributed by atoms with Crippen molar-refractivity contribution in [3.05, 3.63) is 18.2 Å². The maximum absolute atomic E-state index is 9.82. The van der Waals surface area contributed by atoms with Crippen molar-refractivity contribution in [1.29, 1.82) is 0 Å². The Morgan fingerprint density at radius 1 is 1.16 bits per heavy atom. The number of ether oxygens (including phenoxy) is 3. The summed E-state index contributed by atoms with van der Waals surface area (Å²) in [6, 6.07) is 5.73. The fourth-order valence-corrected chi connectivity index (χ4v) is 1.57. The lowest BCUT2D eigenvalue weighted by molar-refractivity contribution is 0.101. The molecule has 1 unspecified atom stereocenters. The average Bonchev–Trinajstić information content (AvgIpc) is 2.42. The molecule has 0 aromatic heterocycles. The molecule has 0 bridgehead atoms. The number of methoxy groups -OCH3 is 2. The molecular formula is C14H23NO4. The molecule has 0 amide bonds. The van der Waals surface area contributed by atoms with Crippen LogP contribution in [-0.2, 0) is 0 Å². The highest BCUT2D eigenvalue weighted by atomic mass is 16.5. The number of rotatable bonds is 8. The number of para-hydroxylation sites is 1. The Labute approximate surface area is 114 Å². The van der Waals surface area contributed by atoms with Gasteiger partial charge in [0, 0.05) is 12.6 Å². The second-order valence-corrected chi connectivity index (χ2v) is 4.52. The predicted molar refractivity (Wildman–Crippen MR) is 74.2 cm³/mol. The summed E-state index contributed by atoms with van der Waals surface area (Å²) in [4.78, 5) is 0. The largest absolute Gasteiger partial charge is 0.493 e. The Morgan fingerprint density at radius 2 is 1.74 bits per heavy atom. The van der Waals surface area contributed by atoms with Gasteiger partial charge in [-0.15, -0.1) is 0 Å².